The summed E-state index contributed by atoms with van der Waals surface area (Å²) in [5.41, 5.74) is 8.83. The van der Waals surface area contributed by atoms with Crippen molar-refractivity contribution in [1.29, 1.82) is 0 Å². The molecule has 7 nitrogen and oxygen atoms in total. The van der Waals surface area contributed by atoms with Gasteiger partial charge < -0.3 is 10.2 Å². The van der Waals surface area contributed by atoms with Gasteiger partial charge in [0.05, 0.1) is 6.10 Å². The van der Waals surface area contributed by atoms with E-state index in [2.05, 4.69) is 15.0 Å². The van der Waals surface area contributed by atoms with Gasteiger partial charge in [-0.25, -0.2) is 0 Å². The Kier molecular flexibility index (Phi) is 5.26. The Morgan fingerprint density at radius 3 is 2.89 bits per heavy atom. The molecule has 0 aromatic carbocycles. The standard InChI is InChI=1S/C11H14N4O3/c1-7(16)8-4-9(6-13-5-8)11(18)10(17)2-3-14-15-12/h4-6,10-11,17-18H,2-3H2,1H3. The first-order chi connectivity index (χ1) is 8.56. The average molecular weight is 250 g/mol. The zero-order valence-corrected chi connectivity index (χ0v) is 9.89. The van der Waals surface area contributed by atoms with Crippen molar-refractivity contribution in [1.82, 2.24) is 4.98 Å². The quantitative estimate of drug-likeness (QED) is 0.343. The van der Waals surface area contributed by atoms with E-state index >= 15 is 0 Å². The molecule has 0 bridgehead atoms. The predicted molar refractivity (Wildman–Crippen MR) is 63.8 cm³/mol. The van der Waals surface area contributed by atoms with E-state index in [-0.39, 0.29) is 18.7 Å². The van der Waals surface area contributed by atoms with Crippen molar-refractivity contribution < 1.29 is 15.0 Å². The number of ketones is 1. The lowest BCUT2D eigenvalue weighted by Crippen LogP contribution is -2.19. The molecule has 2 N–H and O–H groups in total. The number of hydrogen-bond acceptors (Lipinski definition) is 5. The minimum Gasteiger partial charge on any atom is -0.390 e. The van der Waals surface area contributed by atoms with Gasteiger partial charge in [-0.1, -0.05) is 5.11 Å². The van der Waals surface area contributed by atoms with Gasteiger partial charge in [0.25, 0.3) is 0 Å². The molecule has 0 saturated heterocycles. The van der Waals surface area contributed by atoms with E-state index in [0.717, 1.165) is 0 Å². The number of Topliss-reactive ketones (excluding diaryl/α,β-unsaturated/α-hetero) is 1. The Labute approximate surface area is 104 Å². The normalized spacial score (nSPS) is 13.5. The highest BCUT2D eigenvalue weighted by atomic mass is 16.3. The molecule has 1 rings (SSSR count). The van der Waals surface area contributed by atoms with Crippen LogP contribution in [0.2, 0.25) is 0 Å². The Hall–Kier alpha value is -1.95. The topological polar surface area (TPSA) is 119 Å². The summed E-state index contributed by atoms with van der Waals surface area (Å²) in [6, 6.07) is 1.48. The highest BCUT2D eigenvalue weighted by Crippen LogP contribution is 2.19. The summed E-state index contributed by atoms with van der Waals surface area (Å²) in [6.07, 6.45) is 0.680. The van der Waals surface area contributed by atoms with E-state index in [1.165, 1.54) is 25.4 Å². The Balaban J connectivity index is 2.76. The largest absolute Gasteiger partial charge is 0.390 e. The monoisotopic (exact) mass is 250 g/mol. The first-order valence-electron chi connectivity index (χ1n) is 5.39. The number of hydrogen-bond donors (Lipinski definition) is 2. The smallest absolute Gasteiger partial charge is 0.161 e. The summed E-state index contributed by atoms with van der Waals surface area (Å²) in [6.45, 7) is 1.49. The van der Waals surface area contributed by atoms with Crippen molar-refractivity contribution >= 4 is 5.78 Å². The van der Waals surface area contributed by atoms with E-state index in [4.69, 9.17) is 5.53 Å². The van der Waals surface area contributed by atoms with Gasteiger partial charge in [-0.15, -0.1) is 0 Å². The van der Waals surface area contributed by atoms with E-state index < -0.39 is 12.2 Å². The molecule has 96 valence electrons. The van der Waals surface area contributed by atoms with Crippen molar-refractivity contribution in [3.8, 4) is 0 Å². The van der Waals surface area contributed by atoms with Crippen LogP contribution in [0.3, 0.4) is 0 Å². The molecule has 0 saturated carbocycles. The van der Waals surface area contributed by atoms with Crippen LogP contribution < -0.4 is 0 Å². The molecular formula is C11H14N4O3. The van der Waals surface area contributed by atoms with Crippen LogP contribution in [-0.4, -0.2) is 33.6 Å². The fourth-order valence-electron chi connectivity index (χ4n) is 1.43. The molecule has 2 atom stereocenters. The van der Waals surface area contributed by atoms with Gasteiger partial charge >= 0.3 is 0 Å². The minimum atomic E-state index is -1.16. The van der Waals surface area contributed by atoms with E-state index in [9.17, 15) is 15.0 Å². The van der Waals surface area contributed by atoms with Gasteiger partial charge in [-0.3, -0.25) is 9.78 Å². The number of pyridine rings is 1. The third-order valence-electron chi connectivity index (χ3n) is 2.46. The molecule has 7 heteroatoms. The zero-order valence-electron chi connectivity index (χ0n) is 9.89. The van der Waals surface area contributed by atoms with Gasteiger partial charge in [-0.2, -0.15) is 0 Å². The van der Waals surface area contributed by atoms with Gasteiger partial charge in [0, 0.05) is 35.0 Å². The van der Waals surface area contributed by atoms with Crippen molar-refractivity contribution in [2.24, 2.45) is 5.11 Å². The lowest BCUT2D eigenvalue weighted by Gasteiger charge is -2.17. The van der Waals surface area contributed by atoms with Crippen molar-refractivity contribution in [2.45, 2.75) is 25.6 Å². The van der Waals surface area contributed by atoms with Crippen molar-refractivity contribution in [3.63, 3.8) is 0 Å². The number of rotatable bonds is 6. The molecule has 18 heavy (non-hydrogen) atoms. The summed E-state index contributed by atoms with van der Waals surface area (Å²) in [7, 11) is 0. The second-order valence-electron chi connectivity index (χ2n) is 3.82. The Morgan fingerprint density at radius 2 is 2.28 bits per heavy atom. The number of nitrogens with zero attached hydrogens (tertiary/aromatic N) is 4. The highest BCUT2D eigenvalue weighted by Gasteiger charge is 2.18. The average Bonchev–Trinajstić information content (AvgIpc) is 2.38. The Morgan fingerprint density at radius 1 is 1.56 bits per heavy atom. The van der Waals surface area contributed by atoms with Crippen LogP contribution in [0, 0.1) is 0 Å². The number of carbonyl (C=O) groups excluding carboxylic acids is 1. The maximum atomic E-state index is 11.2. The van der Waals surface area contributed by atoms with Gasteiger partial charge in [0.1, 0.15) is 6.10 Å². The van der Waals surface area contributed by atoms with E-state index in [1.807, 2.05) is 0 Å². The van der Waals surface area contributed by atoms with Gasteiger partial charge in [0.15, 0.2) is 5.78 Å². The van der Waals surface area contributed by atoms with Crippen LogP contribution in [0.1, 0.15) is 35.4 Å². The molecule has 0 radical (unpaired) electrons. The number of carbonyl (C=O) groups is 1. The van der Waals surface area contributed by atoms with Crippen LogP contribution in [0.25, 0.3) is 10.4 Å². The first-order valence-corrected chi connectivity index (χ1v) is 5.39. The molecule has 0 spiro atoms. The van der Waals surface area contributed by atoms with Crippen LogP contribution in [-0.2, 0) is 0 Å². The number of aliphatic hydroxyl groups is 2. The lowest BCUT2D eigenvalue weighted by atomic mass is 10.0. The Bertz CT molecular complexity index is 471. The zero-order chi connectivity index (χ0) is 13.5. The molecular weight excluding hydrogens is 236 g/mol. The minimum absolute atomic E-state index is 0.0918. The maximum Gasteiger partial charge on any atom is 0.161 e. The number of azide groups is 1. The summed E-state index contributed by atoms with van der Waals surface area (Å²) >= 11 is 0. The summed E-state index contributed by atoms with van der Waals surface area (Å²) in [4.78, 5) is 17.5. The fraction of sp³-hybridized carbons (Fsp3) is 0.455. The SMILES string of the molecule is CC(=O)c1cncc(C(O)C(O)CCN=[N+]=[N-])c1. The first kappa shape index (κ1) is 14.1. The molecule has 0 aliphatic rings. The summed E-state index contributed by atoms with van der Waals surface area (Å²) < 4.78 is 0. The molecule has 0 amide bonds. The third-order valence-corrected chi connectivity index (χ3v) is 2.46. The van der Waals surface area contributed by atoms with Crippen LogP contribution in [0.4, 0.5) is 0 Å². The second kappa shape index (κ2) is 6.70. The highest BCUT2D eigenvalue weighted by molar-refractivity contribution is 5.93. The molecule has 1 heterocycles. The number of aromatic nitrogens is 1. The van der Waals surface area contributed by atoms with E-state index in [1.54, 1.807) is 0 Å². The molecule has 1 aromatic heterocycles. The molecule has 0 aliphatic heterocycles. The lowest BCUT2D eigenvalue weighted by molar-refractivity contribution is 0.0148. The third kappa shape index (κ3) is 3.81. The van der Waals surface area contributed by atoms with Gasteiger partial charge in [-0.05, 0) is 24.9 Å². The van der Waals surface area contributed by atoms with Crippen LogP contribution >= 0.6 is 0 Å². The van der Waals surface area contributed by atoms with Crippen LogP contribution in [0.5, 0.6) is 0 Å². The summed E-state index contributed by atoms with van der Waals surface area (Å²) in [5, 5.41) is 22.8. The maximum absolute atomic E-state index is 11.2. The molecule has 0 fully saturated rings. The van der Waals surface area contributed by atoms with Gasteiger partial charge in [0.2, 0.25) is 0 Å². The fourth-order valence-corrected chi connectivity index (χ4v) is 1.43. The van der Waals surface area contributed by atoms with E-state index in [0.29, 0.717) is 11.1 Å². The molecule has 0 aliphatic carbocycles. The molecule has 2 unspecified atom stereocenters. The predicted octanol–water partition coefficient (Wildman–Crippen LogP) is 1.38. The molecule has 1 aromatic rings. The van der Waals surface area contributed by atoms with Crippen molar-refractivity contribution in [3.05, 3.63) is 40.0 Å². The van der Waals surface area contributed by atoms with Crippen molar-refractivity contribution in [2.75, 3.05) is 6.54 Å². The number of aliphatic hydroxyl groups excluding tert-OH is 2. The second-order valence-corrected chi connectivity index (χ2v) is 3.82. The summed E-state index contributed by atoms with van der Waals surface area (Å²) in [5.74, 6) is -0.167. The van der Waals surface area contributed by atoms with Crippen LogP contribution in [0.15, 0.2) is 23.6 Å².